The first-order chi connectivity index (χ1) is 14.0. The van der Waals surface area contributed by atoms with Crippen molar-refractivity contribution in [2.24, 2.45) is 5.92 Å². The second-order valence-corrected chi connectivity index (χ2v) is 6.79. The van der Waals surface area contributed by atoms with Gasteiger partial charge in [0.2, 0.25) is 5.91 Å². The van der Waals surface area contributed by atoms with Crippen molar-refractivity contribution in [3.05, 3.63) is 0 Å². The number of ether oxygens (including phenoxy) is 5. The highest BCUT2D eigenvalue weighted by Crippen LogP contribution is 2.03. The Hall–Kier alpha value is -0.840. The Balaban J connectivity index is 3.31. The summed E-state index contributed by atoms with van der Waals surface area (Å²) in [5.74, 6) is -0.324. The fraction of sp³-hybridized carbons (Fsp3) is 0.950. The summed E-state index contributed by atoms with van der Waals surface area (Å²) in [4.78, 5) is 11.4. The lowest BCUT2D eigenvalue weighted by atomic mass is 10.2. The van der Waals surface area contributed by atoms with Crippen LogP contribution in [0.25, 0.3) is 0 Å². The van der Waals surface area contributed by atoms with E-state index in [1.54, 1.807) is 20.8 Å². The molecule has 174 valence electrons. The number of alkyl halides is 1. The zero-order valence-corrected chi connectivity index (χ0v) is 18.5. The van der Waals surface area contributed by atoms with Crippen LogP contribution in [0, 0.1) is 5.92 Å². The van der Waals surface area contributed by atoms with Gasteiger partial charge in [0.1, 0.15) is 6.17 Å². The van der Waals surface area contributed by atoms with E-state index in [1.165, 1.54) is 0 Å². The Labute approximate surface area is 175 Å². The van der Waals surface area contributed by atoms with Crippen molar-refractivity contribution >= 4 is 5.91 Å². The van der Waals surface area contributed by atoms with Crippen molar-refractivity contribution in [3.63, 3.8) is 0 Å². The average molecular weight is 425 g/mol. The molecule has 0 saturated carbocycles. The van der Waals surface area contributed by atoms with Crippen LogP contribution in [0.4, 0.5) is 4.39 Å². The maximum absolute atomic E-state index is 13.9. The topological polar surface area (TPSA) is 87.3 Å². The predicted molar refractivity (Wildman–Crippen MR) is 110 cm³/mol. The Kier molecular flexibility index (Phi) is 19.8. The molecule has 0 aliphatic carbocycles. The van der Waals surface area contributed by atoms with Crippen LogP contribution in [0.2, 0.25) is 0 Å². The molecule has 2 atom stereocenters. The van der Waals surface area contributed by atoms with Crippen molar-refractivity contribution in [1.29, 1.82) is 0 Å². The van der Waals surface area contributed by atoms with E-state index in [0.29, 0.717) is 52.9 Å². The molecule has 0 radical (unpaired) electrons. The highest BCUT2D eigenvalue weighted by molar-refractivity contribution is 5.77. The number of hydrogen-bond donors (Lipinski definition) is 2. The van der Waals surface area contributed by atoms with E-state index in [9.17, 15) is 9.18 Å². The van der Waals surface area contributed by atoms with Crippen LogP contribution in [0.1, 0.15) is 27.7 Å². The van der Waals surface area contributed by atoms with Crippen LogP contribution in [-0.2, 0) is 28.5 Å². The van der Waals surface area contributed by atoms with E-state index in [-0.39, 0.29) is 25.0 Å². The van der Waals surface area contributed by atoms with Crippen LogP contribution >= 0.6 is 0 Å². The van der Waals surface area contributed by atoms with E-state index in [4.69, 9.17) is 23.7 Å². The van der Waals surface area contributed by atoms with Crippen LogP contribution in [0.3, 0.4) is 0 Å². The van der Waals surface area contributed by atoms with E-state index in [2.05, 4.69) is 17.6 Å². The molecule has 0 fully saturated rings. The summed E-state index contributed by atoms with van der Waals surface area (Å²) in [5.41, 5.74) is 0. The summed E-state index contributed by atoms with van der Waals surface area (Å²) in [7, 11) is 0. The number of amides is 1. The number of carbonyl (C=O) groups excluding carboxylic acids is 1. The van der Waals surface area contributed by atoms with Crippen molar-refractivity contribution < 1.29 is 32.9 Å². The molecule has 0 aromatic carbocycles. The third-order valence-electron chi connectivity index (χ3n) is 3.90. The zero-order chi connectivity index (χ0) is 21.7. The van der Waals surface area contributed by atoms with Crippen molar-refractivity contribution in [3.8, 4) is 0 Å². The number of likely N-dealkylation sites (N-methyl/N-ethyl adjacent to an activating group) is 1. The number of halogens is 1. The summed E-state index contributed by atoms with van der Waals surface area (Å²) < 4.78 is 40.8. The lowest BCUT2D eigenvalue weighted by Gasteiger charge is -2.18. The zero-order valence-electron chi connectivity index (χ0n) is 18.5. The van der Waals surface area contributed by atoms with Crippen molar-refractivity contribution in [2.75, 3.05) is 79.1 Å². The molecule has 9 heteroatoms. The largest absolute Gasteiger partial charge is 0.378 e. The predicted octanol–water partition coefficient (Wildman–Crippen LogP) is 1.18. The summed E-state index contributed by atoms with van der Waals surface area (Å²) >= 11 is 0. The lowest BCUT2D eigenvalue weighted by Crippen LogP contribution is -2.38. The molecule has 0 saturated heterocycles. The van der Waals surface area contributed by atoms with Gasteiger partial charge in [-0.05, 0) is 13.5 Å². The summed E-state index contributed by atoms with van der Waals surface area (Å²) in [6, 6.07) is 0. The fourth-order valence-corrected chi connectivity index (χ4v) is 2.05. The van der Waals surface area contributed by atoms with Crippen LogP contribution in [0.5, 0.6) is 0 Å². The van der Waals surface area contributed by atoms with Gasteiger partial charge in [0.05, 0.1) is 72.1 Å². The number of hydrogen-bond acceptors (Lipinski definition) is 7. The third kappa shape index (κ3) is 18.9. The van der Waals surface area contributed by atoms with Crippen LogP contribution in [-0.4, -0.2) is 97.3 Å². The van der Waals surface area contributed by atoms with Gasteiger partial charge in [0.15, 0.2) is 0 Å². The SMILES string of the molecule is CCNCCOCCOCCOCCOCCOC(C)C(F)CNC(=O)C(C)C. The maximum Gasteiger partial charge on any atom is 0.222 e. The Morgan fingerprint density at radius 1 is 0.828 bits per heavy atom. The Bertz CT molecular complexity index is 377. The van der Waals surface area contributed by atoms with Crippen LogP contribution in [0.15, 0.2) is 0 Å². The van der Waals surface area contributed by atoms with Gasteiger partial charge in [-0.25, -0.2) is 4.39 Å². The van der Waals surface area contributed by atoms with Gasteiger partial charge in [-0.15, -0.1) is 0 Å². The first kappa shape index (κ1) is 28.2. The average Bonchev–Trinajstić information content (AvgIpc) is 2.71. The molecule has 0 aromatic rings. The highest BCUT2D eigenvalue weighted by atomic mass is 19.1. The van der Waals surface area contributed by atoms with E-state index >= 15 is 0 Å². The van der Waals surface area contributed by atoms with Crippen molar-refractivity contribution in [1.82, 2.24) is 10.6 Å². The molecule has 0 heterocycles. The molecule has 0 bridgehead atoms. The van der Waals surface area contributed by atoms with Gasteiger partial charge >= 0.3 is 0 Å². The van der Waals surface area contributed by atoms with E-state index in [1.807, 2.05) is 0 Å². The van der Waals surface area contributed by atoms with Gasteiger partial charge < -0.3 is 34.3 Å². The highest BCUT2D eigenvalue weighted by Gasteiger charge is 2.18. The molecular formula is C20H41FN2O6. The number of nitrogens with one attached hydrogen (secondary N) is 2. The fourth-order valence-electron chi connectivity index (χ4n) is 2.05. The first-order valence-electron chi connectivity index (χ1n) is 10.5. The molecule has 0 aromatic heterocycles. The molecule has 1 amide bonds. The molecule has 0 rings (SSSR count). The molecule has 29 heavy (non-hydrogen) atoms. The molecule has 2 unspecified atom stereocenters. The standard InChI is InChI=1S/C20H41FN2O6/c1-5-22-6-7-25-8-9-26-10-11-27-12-13-28-14-15-29-18(4)19(21)16-23-20(24)17(2)3/h17-19,22H,5-16H2,1-4H3,(H,23,24). The smallest absolute Gasteiger partial charge is 0.222 e. The van der Waals surface area contributed by atoms with Gasteiger partial charge in [0, 0.05) is 12.5 Å². The lowest BCUT2D eigenvalue weighted by molar-refractivity contribution is -0.124. The Morgan fingerprint density at radius 3 is 1.79 bits per heavy atom. The first-order valence-corrected chi connectivity index (χ1v) is 10.5. The molecule has 0 aliphatic heterocycles. The third-order valence-corrected chi connectivity index (χ3v) is 3.90. The second-order valence-electron chi connectivity index (χ2n) is 6.79. The van der Waals surface area contributed by atoms with Gasteiger partial charge in [-0.3, -0.25) is 4.79 Å². The summed E-state index contributed by atoms with van der Waals surface area (Å²) in [6.45, 7) is 13.4. The van der Waals surface area contributed by atoms with Gasteiger partial charge in [-0.2, -0.15) is 0 Å². The summed E-state index contributed by atoms with van der Waals surface area (Å²) in [6.07, 6.45) is -1.86. The molecular weight excluding hydrogens is 383 g/mol. The minimum atomic E-state index is -1.25. The molecule has 0 spiro atoms. The van der Waals surface area contributed by atoms with E-state index < -0.39 is 12.3 Å². The molecule has 2 N–H and O–H groups in total. The van der Waals surface area contributed by atoms with Crippen LogP contribution < -0.4 is 10.6 Å². The van der Waals surface area contributed by atoms with E-state index in [0.717, 1.165) is 13.1 Å². The van der Waals surface area contributed by atoms with Gasteiger partial charge in [0.25, 0.3) is 0 Å². The minimum Gasteiger partial charge on any atom is -0.378 e. The quantitative estimate of drug-likeness (QED) is 0.268. The normalized spacial score (nSPS) is 13.6. The van der Waals surface area contributed by atoms with Crippen molar-refractivity contribution in [2.45, 2.75) is 40.0 Å². The summed E-state index contributed by atoms with van der Waals surface area (Å²) in [5, 5.41) is 5.74. The van der Waals surface area contributed by atoms with Gasteiger partial charge in [-0.1, -0.05) is 20.8 Å². The molecule has 8 nitrogen and oxygen atoms in total. The Morgan fingerprint density at radius 2 is 1.31 bits per heavy atom. The second kappa shape index (κ2) is 20.4. The maximum atomic E-state index is 13.9. The number of carbonyl (C=O) groups is 1. The number of rotatable bonds is 21. The monoisotopic (exact) mass is 424 g/mol. The molecule has 0 aliphatic rings. The minimum absolute atomic E-state index is 0.0445.